The van der Waals surface area contributed by atoms with Gasteiger partial charge in [-0.25, -0.2) is 9.59 Å². The van der Waals surface area contributed by atoms with E-state index in [4.69, 9.17) is 23.7 Å². The molecule has 2 aliphatic heterocycles. The molecule has 0 aliphatic carbocycles. The van der Waals surface area contributed by atoms with E-state index in [9.17, 15) is 9.59 Å². The average molecular weight is 366 g/mol. The standard InChI is InChI=1S/C20H14O7/c21-19(7-3-13-1-5-15-17(9-13)25-11-23-15)27-20(22)8-4-14-2-6-16-18(10-14)26-12-24-16/h1-10H,11-12H2/b7-3+,8-4+. The van der Waals surface area contributed by atoms with E-state index in [0.717, 1.165) is 11.1 Å². The summed E-state index contributed by atoms with van der Waals surface area (Å²) in [5.41, 5.74) is 1.44. The molecule has 27 heavy (non-hydrogen) atoms. The fourth-order valence-electron chi connectivity index (χ4n) is 2.53. The first-order valence-electron chi connectivity index (χ1n) is 8.09. The maximum Gasteiger partial charge on any atom is 0.338 e. The Hall–Kier alpha value is -3.74. The van der Waals surface area contributed by atoms with Crippen LogP contribution in [0.3, 0.4) is 0 Å². The van der Waals surface area contributed by atoms with Gasteiger partial charge in [0.15, 0.2) is 23.0 Å². The van der Waals surface area contributed by atoms with Crippen molar-refractivity contribution < 1.29 is 33.3 Å². The number of carbonyl (C=O) groups excluding carboxylic acids is 2. The van der Waals surface area contributed by atoms with E-state index >= 15 is 0 Å². The van der Waals surface area contributed by atoms with Gasteiger partial charge in [0.25, 0.3) is 0 Å². The van der Waals surface area contributed by atoms with Gasteiger partial charge in [-0.3, -0.25) is 0 Å². The summed E-state index contributed by atoms with van der Waals surface area (Å²) in [7, 11) is 0. The molecule has 0 atom stereocenters. The van der Waals surface area contributed by atoms with E-state index in [2.05, 4.69) is 0 Å². The van der Waals surface area contributed by atoms with Gasteiger partial charge in [-0.1, -0.05) is 12.1 Å². The highest BCUT2D eigenvalue weighted by molar-refractivity contribution is 5.99. The van der Waals surface area contributed by atoms with Crippen LogP contribution in [0.25, 0.3) is 12.2 Å². The predicted molar refractivity (Wildman–Crippen MR) is 94.3 cm³/mol. The Kier molecular flexibility index (Phi) is 4.49. The highest BCUT2D eigenvalue weighted by atomic mass is 16.7. The van der Waals surface area contributed by atoms with Crippen molar-refractivity contribution in [2.24, 2.45) is 0 Å². The van der Waals surface area contributed by atoms with Gasteiger partial charge in [0, 0.05) is 12.2 Å². The lowest BCUT2D eigenvalue weighted by Gasteiger charge is -1.99. The minimum Gasteiger partial charge on any atom is -0.454 e. The number of fused-ring (bicyclic) bond motifs is 2. The Labute approximate surface area is 154 Å². The van der Waals surface area contributed by atoms with Gasteiger partial charge >= 0.3 is 11.9 Å². The van der Waals surface area contributed by atoms with E-state index in [1.54, 1.807) is 36.4 Å². The molecule has 0 amide bonds. The molecule has 0 unspecified atom stereocenters. The zero-order valence-corrected chi connectivity index (χ0v) is 14.0. The van der Waals surface area contributed by atoms with Gasteiger partial charge in [-0.15, -0.1) is 0 Å². The maximum atomic E-state index is 11.8. The van der Waals surface area contributed by atoms with Crippen molar-refractivity contribution in [2.75, 3.05) is 13.6 Å². The van der Waals surface area contributed by atoms with Crippen molar-refractivity contribution in [2.45, 2.75) is 0 Å². The van der Waals surface area contributed by atoms with Crippen molar-refractivity contribution >= 4 is 24.1 Å². The molecule has 7 heteroatoms. The van der Waals surface area contributed by atoms with Crippen LogP contribution in [0.1, 0.15) is 11.1 Å². The van der Waals surface area contributed by atoms with E-state index < -0.39 is 11.9 Å². The van der Waals surface area contributed by atoms with Crippen LogP contribution in [-0.4, -0.2) is 25.5 Å². The number of carbonyl (C=O) groups is 2. The third kappa shape index (κ3) is 3.92. The molecule has 2 aromatic rings. The quantitative estimate of drug-likeness (QED) is 0.467. The topological polar surface area (TPSA) is 80.3 Å². The van der Waals surface area contributed by atoms with Crippen LogP contribution in [0.15, 0.2) is 48.6 Å². The van der Waals surface area contributed by atoms with Crippen molar-refractivity contribution in [1.29, 1.82) is 0 Å². The summed E-state index contributed by atoms with van der Waals surface area (Å²) in [6, 6.07) is 10.5. The molecule has 0 radical (unpaired) electrons. The summed E-state index contributed by atoms with van der Waals surface area (Å²) >= 11 is 0. The molecule has 0 saturated heterocycles. The fraction of sp³-hybridized carbons (Fsp3) is 0.100. The molecule has 7 nitrogen and oxygen atoms in total. The van der Waals surface area contributed by atoms with Gasteiger partial charge in [0.1, 0.15) is 0 Å². The largest absolute Gasteiger partial charge is 0.454 e. The minimum atomic E-state index is -0.770. The second-order valence-corrected chi connectivity index (χ2v) is 5.63. The number of benzene rings is 2. The number of rotatable bonds is 4. The first-order chi connectivity index (χ1) is 13.2. The highest BCUT2D eigenvalue weighted by Gasteiger charge is 2.13. The average Bonchev–Trinajstić information content (AvgIpc) is 3.32. The Morgan fingerprint density at radius 2 is 1.15 bits per heavy atom. The molecule has 2 heterocycles. The SMILES string of the molecule is O=C(/C=C/c1ccc2c(c1)OCO2)OC(=O)/C=C/c1ccc2c(c1)OCO2. The number of hydrogen-bond donors (Lipinski definition) is 0. The smallest absolute Gasteiger partial charge is 0.338 e. The Bertz CT molecular complexity index is 881. The minimum absolute atomic E-state index is 0.175. The Morgan fingerprint density at radius 3 is 1.63 bits per heavy atom. The predicted octanol–water partition coefficient (Wildman–Crippen LogP) is 2.94. The van der Waals surface area contributed by atoms with Crippen LogP contribution < -0.4 is 18.9 Å². The molecular formula is C20H14O7. The third-order valence-corrected chi connectivity index (χ3v) is 3.82. The Morgan fingerprint density at radius 1 is 0.704 bits per heavy atom. The zero-order valence-electron chi connectivity index (χ0n) is 14.0. The van der Waals surface area contributed by atoms with Crippen molar-refractivity contribution in [1.82, 2.24) is 0 Å². The zero-order chi connectivity index (χ0) is 18.6. The number of hydrogen-bond acceptors (Lipinski definition) is 7. The molecule has 0 bridgehead atoms. The molecule has 0 saturated carbocycles. The van der Waals surface area contributed by atoms with Crippen molar-refractivity contribution in [3.63, 3.8) is 0 Å². The number of ether oxygens (including phenoxy) is 5. The molecule has 0 fully saturated rings. The molecule has 0 aromatic heterocycles. The summed E-state index contributed by atoms with van der Waals surface area (Å²) in [4.78, 5) is 23.5. The van der Waals surface area contributed by atoms with Crippen LogP contribution >= 0.6 is 0 Å². The van der Waals surface area contributed by atoms with E-state index in [-0.39, 0.29) is 13.6 Å². The summed E-state index contributed by atoms with van der Waals surface area (Å²) in [5, 5.41) is 0. The molecule has 0 spiro atoms. The first-order valence-corrected chi connectivity index (χ1v) is 8.09. The summed E-state index contributed by atoms with van der Waals surface area (Å²) in [6.45, 7) is 0.351. The summed E-state index contributed by atoms with van der Waals surface area (Å²) in [5.74, 6) is 0.972. The highest BCUT2D eigenvalue weighted by Crippen LogP contribution is 2.33. The van der Waals surface area contributed by atoms with Gasteiger partial charge in [-0.05, 0) is 47.5 Å². The van der Waals surface area contributed by atoms with Crippen molar-refractivity contribution in [3.8, 4) is 23.0 Å². The second kappa shape index (κ2) is 7.25. The summed E-state index contributed by atoms with van der Waals surface area (Å²) < 4.78 is 25.7. The summed E-state index contributed by atoms with van der Waals surface area (Å²) in [6.07, 6.45) is 5.39. The molecular weight excluding hydrogens is 352 g/mol. The van der Waals surface area contributed by atoms with Gasteiger partial charge in [0.2, 0.25) is 13.6 Å². The van der Waals surface area contributed by atoms with Crippen molar-refractivity contribution in [3.05, 3.63) is 59.7 Å². The molecule has 136 valence electrons. The van der Waals surface area contributed by atoms with Crippen LogP contribution in [0.2, 0.25) is 0 Å². The molecule has 2 aromatic carbocycles. The normalized spacial score (nSPS) is 14.1. The lowest BCUT2D eigenvalue weighted by Crippen LogP contribution is -2.06. The van der Waals surface area contributed by atoms with Crippen LogP contribution in [0.4, 0.5) is 0 Å². The van der Waals surface area contributed by atoms with Crippen LogP contribution in [0, 0.1) is 0 Å². The lowest BCUT2D eigenvalue weighted by atomic mass is 10.2. The lowest BCUT2D eigenvalue weighted by molar-refractivity contribution is -0.152. The van der Waals surface area contributed by atoms with E-state index in [1.807, 2.05) is 0 Å². The third-order valence-electron chi connectivity index (χ3n) is 3.82. The van der Waals surface area contributed by atoms with E-state index in [0.29, 0.717) is 23.0 Å². The van der Waals surface area contributed by atoms with E-state index in [1.165, 1.54) is 24.3 Å². The maximum absolute atomic E-state index is 11.8. The van der Waals surface area contributed by atoms with Crippen LogP contribution in [0.5, 0.6) is 23.0 Å². The molecule has 0 N–H and O–H groups in total. The molecule has 4 rings (SSSR count). The van der Waals surface area contributed by atoms with Crippen LogP contribution in [-0.2, 0) is 14.3 Å². The second-order valence-electron chi connectivity index (χ2n) is 5.63. The van der Waals surface area contributed by atoms with Gasteiger partial charge < -0.3 is 23.7 Å². The first kappa shape index (κ1) is 16.7. The Balaban J connectivity index is 1.33. The number of esters is 2. The fourth-order valence-corrected chi connectivity index (χ4v) is 2.53. The molecule has 2 aliphatic rings. The van der Waals surface area contributed by atoms with Gasteiger partial charge in [-0.2, -0.15) is 0 Å². The monoisotopic (exact) mass is 366 g/mol. The van der Waals surface area contributed by atoms with Gasteiger partial charge in [0.05, 0.1) is 0 Å².